The number of hydrogen-bond donors (Lipinski definition) is 1. The predicted molar refractivity (Wildman–Crippen MR) is 90.0 cm³/mol. The molecule has 112 valence electrons. The van der Waals surface area contributed by atoms with E-state index in [0.717, 1.165) is 29.7 Å². The highest BCUT2D eigenvalue weighted by Gasteiger charge is 2.04. The van der Waals surface area contributed by atoms with Gasteiger partial charge in [-0.2, -0.15) is 5.10 Å². The summed E-state index contributed by atoms with van der Waals surface area (Å²) < 4.78 is 0. The number of aromatic nitrogens is 1. The SMILES string of the molecule is CCCCC#Cc1cncc(C(=O)N/N=C\c2cccs2)c1. The summed E-state index contributed by atoms with van der Waals surface area (Å²) in [6, 6.07) is 5.58. The number of nitrogens with one attached hydrogen (secondary N) is 1. The van der Waals surface area contributed by atoms with E-state index in [4.69, 9.17) is 0 Å². The highest BCUT2D eigenvalue weighted by Crippen LogP contribution is 2.05. The lowest BCUT2D eigenvalue weighted by molar-refractivity contribution is 0.0954. The molecule has 1 amide bonds. The maximum atomic E-state index is 12.0. The number of hydrogen-bond acceptors (Lipinski definition) is 4. The molecule has 0 saturated carbocycles. The molecule has 0 aliphatic heterocycles. The standard InChI is InChI=1S/C17H17N3OS/c1-2-3-4-5-7-14-10-15(12-18-11-14)17(21)20-19-13-16-8-6-9-22-16/h6,8-13H,2-4H2,1H3,(H,20,21)/b19-13-. The Bertz CT molecular complexity index is 696. The second-order valence-corrected chi connectivity index (χ2v) is 5.56. The van der Waals surface area contributed by atoms with Crippen LogP contribution in [-0.2, 0) is 0 Å². The molecule has 5 heteroatoms. The lowest BCUT2D eigenvalue weighted by Crippen LogP contribution is -2.17. The first-order valence-corrected chi connectivity index (χ1v) is 7.98. The van der Waals surface area contributed by atoms with Gasteiger partial charge in [0.15, 0.2) is 0 Å². The maximum Gasteiger partial charge on any atom is 0.272 e. The normalized spacial score (nSPS) is 10.2. The van der Waals surface area contributed by atoms with Crippen LogP contribution >= 0.6 is 11.3 Å². The number of nitrogens with zero attached hydrogens (tertiary/aromatic N) is 2. The molecular weight excluding hydrogens is 294 g/mol. The van der Waals surface area contributed by atoms with Gasteiger partial charge in [-0.1, -0.05) is 31.3 Å². The minimum absolute atomic E-state index is 0.294. The Morgan fingerprint density at radius 3 is 3.18 bits per heavy atom. The number of amides is 1. The molecule has 0 saturated heterocycles. The van der Waals surface area contributed by atoms with Crippen LogP contribution in [0.1, 0.15) is 47.0 Å². The molecule has 0 unspecified atom stereocenters. The number of carbonyl (C=O) groups excluding carboxylic acids is 1. The predicted octanol–water partition coefficient (Wildman–Crippen LogP) is 3.45. The first kappa shape index (κ1) is 15.9. The monoisotopic (exact) mass is 311 g/mol. The lowest BCUT2D eigenvalue weighted by atomic mass is 10.2. The van der Waals surface area contributed by atoms with E-state index in [9.17, 15) is 4.79 Å². The molecule has 22 heavy (non-hydrogen) atoms. The van der Waals surface area contributed by atoms with Crippen LogP contribution in [0.15, 0.2) is 41.1 Å². The van der Waals surface area contributed by atoms with Crippen LogP contribution in [0.3, 0.4) is 0 Å². The number of pyridine rings is 1. The fourth-order valence-electron chi connectivity index (χ4n) is 1.65. The van der Waals surface area contributed by atoms with Crippen molar-refractivity contribution in [2.75, 3.05) is 0 Å². The summed E-state index contributed by atoms with van der Waals surface area (Å²) in [6.45, 7) is 2.13. The third-order valence-corrected chi connectivity index (χ3v) is 3.60. The van der Waals surface area contributed by atoms with Crippen LogP contribution in [0, 0.1) is 11.8 Å². The zero-order valence-electron chi connectivity index (χ0n) is 12.4. The molecule has 0 spiro atoms. The van der Waals surface area contributed by atoms with Gasteiger partial charge in [-0.3, -0.25) is 9.78 Å². The third-order valence-electron chi connectivity index (χ3n) is 2.79. The molecular formula is C17H17N3OS. The van der Waals surface area contributed by atoms with E-state index in [-0.39, 0.29) is 5.91 Å². The van der Waals surface area contributed by atoms with Crippen LogP contribution in [0.4, 0.5) is 0 Å². The molecule has 0 aliphatic rings. The van der Waals surface area contributed by atoms with Gasteiger partial charge in [-0.15, -0.1) is 11.3 Å². The summed E-state index contributed by atoms with van der Waals surface area (Å²) in [5.74, 6) is 5.81. The zero-order chi connectivity index (χ0) is 15.6. The van der Waals surface area contributed by atoms with Gasteiger partial charge in [0.2, 0.25) is 0 Å². The molecule has 0 radical (unpaired) electrons. The first-order chi connectivity index (χ1) is 10.8. The Hall–Kier alpha value is -2.45. The maximum absolute atomic E-state index is 12.0. The highest BCUT2D eigenvalue weighted by molar-refractivity contribution is 7.11. The van der Waals surface area contributed by atoms with E-state index < -0.39 is 0 Å². The van der Waals surface area contributed by atoms with Crippen LogP contribution in [0.25, 0.3) is 0 Å². The average molecular weight is 311 g/mol. The van der Waals surface area contributed by atoms with Gasteiger partial charge in [0.25, 0.3) is 5.91 Å². The molecule has 1 N–H and O–H groups in total. The second-order valence-electron chi connectivity index (χ2n) is 4.58. The fourth-order valence-corrected chi connectivity index (χ4v) is 2.23. The van der Waals surface area contributed by atoms with Crippen molar-refractivity contribution in [2.45, 2.75) is 26.2 Å². The summed E-state index contributed by atoms with van der Waals surface area (Å²) in [6.07, 6.45) is 7.84. The average Bonchev–Trinajstić information content (AvgIpc) is 3.05. The zero-order valence-corrected chi connectivity index (χ0v) is 13.2. The number of thiophene rings is 1. The molecule has 0 atom stereocenters. The van der Waals surface area contributed by atoms with Gasteiger partial charge in [-0.05, 0) is 23.9 Å². The molecule has 4 nitrogen and oxygen atoms in total. The molecule has 0 aromatic carbocycles. The number of rotatable bonds is 5. The van der Waals surface area contributed by atoms with Crippen LogP contribution < -0.4 is 5.43 Å². The molecule has 2 rings (SSSR count). The van der Waals surface area contributed by atoms with Crippen LogP contribution in [0.2, 0.25) is 0 Å². The van der Waals surface area contributed by atoms with E-state index in [0.29, 0.717) is 5.56 Å². The van der Waals surface area contributed by atoms with E-state index in [1.54, 1.807) is 29.8 Å². The van der Waals surface area contributed by atoms with Gasteiger partial charge < -0.3 is 0 Å². The smallest absolute Gasteiger partial charge is 0.267 e. The van der Waals surface area contributed by atoms with Crippen molar-refractivity contribution >= 4 is 23.5 Å². The van der Waals surface area contributed by atoms with Crippen molar-refractivity contribution in [1.29, 1.82) is 0 Å². The molecule has 2 aromatic heterocycles. The fraction of sp³-hybridized carbons (Fsp3) is 0.235. The molecule has 0 aliphatic carbocycles. The highest BCUT2D eigenvalue weighted by atomic mass is 32.1. The van der Waals surface area contributed by atoms with Crippen LogP contribution in [-0.4, -0.2) is 17.1 Å². The van der Waals surface area contributed by atoms with E-state index >= 15 is 0 Å². The molecule has 2 aromatic rings. The summed E-state index contributed by atoms with van der Waals surface area (Å²) in [5.41, 5.74) is 3.68. The van der Waals surface area contributed by atoms with Crippen LogP contribution in [0.5, 0.6) is 0 Å². The van der Waals surface area contributed by atoms with Gasteiger partial charge in [0.1, 0.15) is 0 Å². The minimum atomic E-state index is -0.294. The van der Waals surface area contributed by atoms with Crippen molar-refractivity contribution in [1.82, 2.24) is 10.4 Å². The van der Waals surface area contributed by atoms with Gasteiger partial charge >= 0.3 is 0 Å². The summed E-state index contributed by atoms with van der Waals surface area (Å²) >= 11 is 1.55. The van der Waals surface area contributed by atoms with Gasteiger partial charge in [-0.25, -0.2) is 5.43 Å². The number of hydrazone groups is 1. The Morgan fingerprint density at radius 2 is 2.41 bits per heavy atom. The second kappa shape index (κ2) is 8.75. The van der Waals surface area contributed by atoms with Crippen molar-refractivity contribution in [3.63, 3.8) is 0 Å². The number of carbonyl (C=O) groups is 1. The summed E-state index contributed by atoms with van der Waals surface area (Å²) in [4.78, 5) is 17.0. The first-order valence-electron chi connectivity index (χ1n) is 7.10. The molecule has 0 bridgehead atoms. The van der Waals surface area contributed by atoms with Gasteiger partial charge in [0.05, 0.1) is 11.8 Å². The molecule has 2 heterocycles. The van der Waals surface area contributed by atoms with Crippen molar-refractivity contribution < 1.29 is 4.79 Å². The topological polar surface area (TPSA) is 54.4 Å². The molecule has 0 fully saturated rings. The Morgan fingerprint density at radius 1 is 1.50 bits per heavy atom. The summed E-state index contributed by atoms with van der Waals surface area (Å²) in [7, 11) is 0. The largest absolute Gasteiger partial charge is 0.272 e. The Balaban J connectivity index is 1.96. The number of unbranched alkanes of at least 4 members (excludes halogenated alkanes) is 2. The summed E-state index contributed by atoms with van der Waals surface area (Å²) in [5, 5.41) is 5.88. The van der Waals surface area contributed by atoms with E-state index in [1.165, 1.54) is 6.20 Å². The van der Waals surface area contributed by atoms with Crippen molar-refractivity contribution in [2.24, 2.45) is 5.10 Å². The van der Waals surface area contributed by atoms with E-state index in [1.807, 2.05) is 17.5 Å². The lowest BCUT2D eigenvalue weighted by Gasteiger charge is -1.99. The Labute approximate surface area is 134 Å². The quantitative estimate of drug-likeness (QED) is 0.398. The van der Waals surface area contributed by atoms with Crippen molar-refractivity contribution in [3.05, 3.63) is 52.0 Å². The minimum Gasteiger partial charge on any atom is -0.267 e. The van der Waals surface area contributed by atoms with Crippen molar-refractivity contribution in [3.8, 4) is 11.8 Å². The Kier molecular flexibility index (Phi) is 6.34. The third kappa shape index (κ3) is 5.15. The van der Waals surface area contributed by atoms with E-state index in [2.05, 4.69) is 34.3 Å². The van der Waals surface area contributed by atoms with Gasteiger partial charge in [0, 0.05) is 29.3 Å².